The minimum Gasteiger partial charge on any atom is -0.544 e. The lowest BCUT2D eigenvalue weighted by atomic mass is 10.1. The molecule has 0 unspecified atom stereocenters. The van der Waals surface area contributed by atoms with E-state index in [1.807, 2.05) is 0 Å². The summed E-state index contributed by atoms with van der Waals surface area (Å²) in [5.41, 5.74) is 6.83. The van der Waals surface area contributed by atoms with Crippen LogP contribution in [-0.4, -0.2) is 29.8 Å². The van der Waals surface area contributed by atoms with E-state index in [-0.39, 0.29) is 0 Å². The maximum atomic E-state index is 10.1. The van der Waals surface area contributed by atoms with E-state index in [2.05, 4.69) is 11.5 Å². The molecule has 0 spiro atoms. The first kappa shape index (κ1) is 10.3. The minimum atomic E-state index is -1.17. The molecule has 0 rings (SSSR count). The average molecular weight is 163 g/mol. The monoisotopic (exact) mass is 163 g/mol. The predicted octanol–water partition coefficient (Wildman–Crippen LogP) is -4.27. The van der Waals surface area contributed by atoms with Crippen LogP contribution < -0.4 is 16.6 Å². The van der Waals surface area contributed by atoms with Crippen molar-refractivity contribution in [3.8, 4) is 0 Å². The standard InChI is InChI=1S/C6H14N2O3/c7-3-4(9)1-2-5(8)6(10)11/h4-5,9H,1-3,7-8H2,(H,10,11)/p+1/t4-,5+/m0/s1. The van der Waals surface area contributed by atoms with Crippen molar-refractivity contribution in [3.63, 3.8) is 0 Å². The zero-order chi connectivity index (χ0) is 8.85. The molecule has 0 radical (unpaired) electrons. The second kappa shape index (κ2) is 5.06. The molecule has 0 aliphatic heterocycles. The van der Waals surface area contributed by atoms with Gasteiger partial charge in [-0.1, -0.05) is 0 Å². The van der Waals surface area contributed by atoms with Crippen molar-refractivity contribution < 1.29 is 26.5 Å². The zero-order valence-corrected chi connectivity index (χ0v) is 6.45. The van der Waals surface area contributed by atoms with Gasteiger partial charge in [-0.15, -0.1) is 0 Å². The number of aliphatic hydroxyl groups is 1. The highest BCUT2D eigenvalue weighted by Crippen LogP contribution is 1.96. The summed E-state index contributed by atoms with van der Waals surface area (Å²) in [6.07, 6.45) is 0.253. The molecule has 5 heteroatoms. The fourth-order valence-corrected chi connectivity index (χ4v) is 0.656. The van der Waals surface area contributed by atoms with Crippen molar-refractivity contribution in [1.29, 1.82) is 0 Å². The summed E-state index contributed by atoms with van der Waals surface area (Å²) in [4.78, 5) is 10.1. The molecule has 11 heavy (non-hydrogen) atoms. The van der Waals surface area contributed by atoms with Crippen molar-refractivity contribution in [3.05, 3.63) is 0 Å². The quantitative estimate of drug-likeness (QED) is 0.381. The van der Waals surface area contributed by atoms with E-state index in [0.29, 0.717) is 19.4 Å². The minimum absolute atomic E-state index is 0.346. The molecule has 0 aromatic rings. The van der Waals surface area contributed by atoms with Crippen molar-refractivity contribution in [1.82, 2.24) is 0 Å². The van der Waals surface area contributed by atoms with Gasteiger partial charge < -0.3 is 26.5 Å². The molecule has 0 heterocycles. The number of aliphatic hydroxyl groups excluding tert-OH is 1. The molecule has 66 valence electrons. The predicted molar refractivity (Wildman–Crippen MR) is 34.7 cm³/mol. The van der Waals surface area contributed by atoms with Gasteiger partial charge in [0.15, 0.2) is 0 Å². The number of hydrogen-bond donors (Lipinski definition) is 3. The Kier molecular flexibility index (Phi) is 4.76. The molecule has 0 aliphatic carbocycles. The highest BCUT2D eigenvalue weighted by Gasteiger charge is 2.10. The van der Waals surface area contributed by atoms with Crippen LogP contribution in [-0.2, 0) is 4.79 Å². The number of quaternary nitrogens is 2. The van der Waals surface area contributed by atoms with Crippen LogP contribution in [0.2, 0.25) is 0 Å². The third-order valence-electron chi connectivity index (χ3n) is 1.51. The Morgan fingerprint density at radius 1 is 1.55 bits per heavy atom. The summed E-state index contributed by atoms with van der Waals surface area (Å²) >= 11 is 0. The normalized spacial score (nSPS) is 15.9. The van der Waals surface area contributed by atoms with Gasteiger partial charge in [-0.05, 0) is 6.42 Å². The van der Waals surface area contributed by atoms with E-state index in [1.165, 1.54) is 0 Å². The van der Waals surface area contributed by atoms with Gasteiger partial charge in [-0.3, -0.25) is 0 Å². The average Bonchev–Trinajstić information content (AvgIpc) is 1.99. The second-order valence-electron chi connectivity index (χ2n) is 2.54. The highest BCUT2D eigenvalue weighted by atomic mass is 16.4. The first-order valence-corrected chi connectivity index (χ1v) is 3.59. The molecule has 5 nitrogen and oxygen atoms in total. The fourth-order valence-electron chi connectivity index (χ4n) is 0.656. The lowest BCUT2D eigenvalue weighted by molar-refractivity contribution is -0.439. The number of hydrogen-bond acceptors (Lipinski definition) is 3. The molecule has 0 aromatic heterocycles. The lowest BCUT2D eigenvalue weighted by Crippen LogP contribution is -2.68. The summed E-state index contributed by atoms with van der Waals surface area (Å²) in [5.74, 6) is -1.17. The Hall–Kier alpha value is -0.650. The molecule has 0 amide bonds. The first-order chi connectivity index (χ1) is 5.07. The molecule has 7 N–H and O–H groups in total. The van der Waals surface area contributed by atoms with Crippen LogP contribution >= 0.6 is 0 Å². The van der Waals surface area contributed by atoms with Gasteiger partial charge in [-0.2, -0.15) is 0 Å². The number of carboxylic acid groups (broad SMARTS) is 1. The molecule has 0 saturated carbocycles. The summed E-state index contributed by atoms with van der Waals surface area (Å²) < 4.78 is 0. The number of rotatable bonds is 5. The Morgan fingerprint density at radius 2 is 2.09 bits per heavy atom. The van der Waals surface area contributed by atoms with E-state index in [0.717, 1.165) is 0 Å². The van der Waals surface area contributed by atoms with Gasteiger partial charge in [0.25, 0.3) is 0 Å². The SMILES string of the molecule is [NH3+]C[C@@H](O)CC[C@@H]([NH3+])C(=O)[O-]. The maximum Gasteiger partial charge on any atom is 0.125 e. The van der Waals surface area contributed by atoms with Crippen LogP contribution in [0.1, 0.15) is 12.8 Å². The summed E-state index contributed by atoms with van der Waals surface area (Å²) in [7, 11) is 0. The fraction of sp³-hybridized carbons (Fsp3) is 0.833. The van der Waals surface area contributed by atoms with Gasteiger partial charge in [-0.25, -0.2) is 0 Å². The van der Waals surface area contributed by atoms with Gasteiger partial charge in [0.1, 0.15) is 18.7 Å². The van der Waals surface area contributed by atoms with Crippen LogP contribution in [0.5, 0.6) is 0 Å². The van der Waals surface area contributed by atoms with E-state index in [1.54, 1.807) is 0 Å². The summed E-state index contributed by atoms with van der Waals surface area (Å²) in [5, 5.41) is 19.1. The number of carboxylic acids is 1. The van der Waals surface area contributed by atoms with Crippen molar-refractivity contribution >= 4 is 5.97 Å². The molecular weight excluding hydrogens is 148 g/mol. The van der Waals surface area contributed by atoms with Crippen LogP contribution in [0.25, 0.3) is 0 Å². The second-order valence-corrected chi connectivity index (χ2v) is 2.54. The van der Waals surface area contributed by atoms with Crippen molar-refractivity contribution in [2.75, 3.05) is 6.54 Å². The molecule has 2 atom stereocenters. The first-order valence-electron chi connectivity index (χ1n) is 3.59. The van der Waals surface area contributed by atoms with Gasteiger partial charge in [0.05, 0.1) is 5.97 Å². The van der Waals surface area contributed by atoms with E-state index in [9.17, 15) is 9.90 Å². The third-order valence-corrected chi connectivity index (χ3v) is 1.51. The van der Waals surface area contributed by atoms with Crippen LogP contribution in [0.3, 0.4) is 0 Å². The molecule has 0 saturated heterocycles. The van der Waals surface area contributed by atoms with Crippen molar-refractivity contribution in [2.24, 2.45) is 0 Å². The zero-order valence-electron chi connectivity index (χ0n) is 6.45. The summed E-state index contributed by atoms with van der Waals surface area (Å²) in [6, 6.07) is -0.726. The molecule has 0 bridgehead atoms. The maximum absolute atomic E-state index is 10.1. The van der Waals surface area contributed by atoms with E-state index < -0.39 is 18.1 Å². The molecule has 0 fully saturated rings. The molecule has 0 aromatic carbocycles. The van der Waals surface area contributed by atoms with Crippen LogP contribution in [0, 0.1) is 0 Å². The Bertz CT molecular complexity index is 129. The number of carbonyl (C=O) groups excluding carboxylic acids is 1. The molecule has 0 aliphatic rings. The van der Waals surface area contributed by atoms with Crippen LogP contribution in [0.15, 0.2) is 0 Å². The van der Waals surface area contributed by atoms with Gasteiger partial charge in [0, 0.05) is 6.42 Å². The topological polar surface area (TPSA) is 116 Å². The van der Waals surface area contributed by atoms with Crippen molar-refractivity contribution in [2.45, 2.75) is 25.0 Å². The third kappa shape index (κ3) is 4.72. The number of aliphatic carboxylic acids is 1. The Labute approximate surface area is 65.0 Å². The Morgan fingerprint density at radius 3 is 2.45 bits per heavy atom. The smallest absolute Gasteiger partial charge is 0.125 e. The summed E-state index contributed by atoms with van der Waals surface area (Å²) in [6.45, 7) is 0.403. The van der Waals surface area contributed by atoms with Gasteiger partial charge >= 0.3 is 0 Å². The Balaban J connectivity index is 3.45. The van der Waals surface area contributed by atoms with Crippen LogP contribution in [0.4, 0.5) is 0 Å². The lowest BCUT2D eigenvalue weighted by Gasteiger charge is -2.10. The number of carbonyl (C=O) groups is 1. The van der Waals surface area contributed by atoms with E-state index >= 15 is 0 Å². The van der Waals surface area contributed by atoms with E-state index in [4.69, 9.17) is 5.11 Å². The highest BCUT2D eigenvalue weighted by molar-refractivity contribution is 5.68. The van der Waals surface area contributed by atoms with Gasteiger partial charge in [0.2, 0.25) is 0 Å². The molecular formula is C6H15N2O3+. The largest absolute Gasteiger partial charge is 0.544 e.